The Morgan fingerprint density at radius 1 is 1.37 bits per heavy atom. The number of rotatable bonds is 7. The van der Waals surface area contributed by atoms with E-state index in [9.17, 15) is 13.5 Å². The summed E-state index contributed by atoms with van der Waals surface area (Å²) in [6.45, 7) is -0.176. The van der Waals surface area contributed by atoms with Gasteiger partial charge in [-0.3, -0.25) is 0 Å². The molecule has 1 aromatic carbocycles. The molecule has 0 aliphatic heterocycles. The fourth-order valence-electron chi connectivity index (χ4n) is 1.56. The van der Waals surface area contributed by atoms with E-state index in [1.54, 1.807) is 12.1 Å². The molecule has 1 unspecified atom stereocenters. The van der Waals surface area contributed by atoms with Crippen LogP contribution in [-0.4, -0.2) is 43.9 Å². The van der Waals surface area contributed by atoms with E-state index in [-0.39, 0.29) is 24.1 Å². The van der Waals surface area contributed by atoms with Crippen molar-refractivity contribution >= 4 is 15.7 Å². The van der Waals surface area contributed by atoms with Crippen molar-refractivity contribution < 1.29 is 18.6 Å². The zero-order valence-corrected chi connectivity index (χ0v) is 11.2. The maximum absolute atomic E-state index is 12.0. The van der Waals surface area contributed by atoms with Crippen molar-refractivity contribution in [3.63, 3.8) is 0 Å². The zero-order valence-electron chi connectivity index (χ0n) is 10.4. The molecule has 0 bridgehead atoms. The van der Waals surface area contributed by atoms with Gasteiger partial charge in [-0.25, -0.2) is 13.1 Å². The Labute approximate surface area is 112 Å². The lowest BCUT2D eigenvalue weighted by atomic mass is 10.3. The van der Waals surface area contributed by atoms with E-state index in [4.69, 9.17) is 5.11 Å². The first-order valence-corrected chi connectivity index (χ1v) is 7.65. The van der Waals surface area contributed by atoms with Gasteiger partial charge in [-0.05, 0) is 31.0 Å². The topological polar surface area (TPSA) is 98.7 Å². The second kappa shape index (κ2) is 5.87. The summed E-state index contributed by atoms with van der Waals surface area (Å²) >= 11 is 0. The molecule has 4 N–H and O–H groups in total. The molecular formula is C12H18N2O4S. The van der Waals surface area contributed by atoms with Crippen LogP contribution in [0, 0.1) is 0 Å². The Hall–Kier alpha value is -1.15. The largest absolute Gasteiger partial charge is 0.394 e. The Morgan fingerprint density at radius 3 is 2.74 bits per heavy atom. The highest BCUT2D eigenvalue weighted by Gasteiger charge is 2.27. The molecule has 0 aromatic heterocycles. The number of benzene rings is 1. The summed E-state index contributed by atoms with van der Waals surface area (Å²) in [4.78, 5) is 0.197. The molecule has 1 aliphatic rings. The lowest BCUT2D eigenvalue weighted by molar-refractivity contribution is 0.105. The van der Waals surface area contributed by atoms with Gasteiger partial charge in [0.15, 0.2) is 0 Å². The van der Waals surface area contributed by atoms with Gasteiger partial charge in [0.25, 0.3) is 0 Å². The van der Waals surface area contributed by atoms with Crippen LogP contribution in [0.4, 0.5) is 5.69 Å². The van der Waals surface area contributed by atoms with Crippen LogP contribution >= 0.6 is 0 Å². The molecule has 0 spiro atoms. The highest BCUT2D eigenvalue weighted by atomic mass is 32.2. The number of anilines is 1. The van der Waals surface area contributed by atoms with Crippen molar-refractivity contribution in [3.05, 3.63) is 24.3 Å². The van der Waals surface area contributed by atoms with E-state index in [2.05, 4.69) is 10.0 Å². The van der Waals surface area contributed by atoms with Crippen molar-refractivity contribution in [1.29, 1.82) is 0 Å². The van der Waals surface area contributed by atoms with Crippen LogP contribution in [0.1, 0.15) is 12.8 Å². The molecule has 0 heterocycles. The first kappa shape index (κ1) is 14.3. The molecular weight excluding hydrogens is 268 g/mol. The zero-order chi connectivity index (χ0) is 13.9. The minimum absolute atomic E-state index is 0.0674. The van der Waals surface area contributed by atoms with Crippen LogP contribution in [0.25, 0.3) is 0 Å². The molecule has 0 saturated heterocycles. The van der Waals surface area contributed by atoms with E-state index in [1.807, 2.05) is 0 Å². The molecule has 19 heavy (non-hydrogen) atoms. The number of aliphatic hydroxyl groups excluding tert-OH is 2. The average molecular weight is 286 g/mol. The van der Waals surface area contributed by atoms with Crippen LogP contribution in [0.5, 0.6) is 0 Å². The number of hydrogen-bond acceptors (Lipinski definition) is 5. The molecule has 2 rings (SSSR count). The summed E-state index contributed by atoms with van der Waals surface area (Å²) < 4.78 is 26.6. The van der Waals surface area contributed by atoms with Gasteiger partial charge < -0.3 is 15.5 Å². The van der Waals surface area contributed by atoms with Crippen LogP contribution < -0.4 is 10.0 Å². The van der Waals surface area contributed by atoms with E-state index in [0.29, 0.717) is 5.69 Å². The number of sulfonamides is 1. The Bertz CT molecular complexity index is 528. The van der Waals surface area contributed by atoms with Crippen molar-refractivity contribution in [2.24, 2.45) is 0 Å². The second-order valence-electron chi connectivity index (χ2n) is 4.64. The number of hydrogen-bond donors (Lipinski definition) is 4. The van der Waals surface area contributed by atoms with E-state index >= 15 is 0 Å². The Morgan fingerprint density at radius 2 is 2.11 bits per heavy atom. The van der Waals surface area contributed by atoms with Gasteiger partial charge in [-0.15, -0.1) is 0 Å². The molecule has 6 nitrogen and oxygen atoms in total. The predicted octanol–water partition coefficient (Wildman–Crippen LogP) is -0.108. The Balaban J connectivity index is 2.05. The smallest absolute Gasteiger partial charge is 0.240 e. The van der Waals surface area contributed by atoms with Gasteiger partial charge in [-0.2, -0.15) is 0 Å². The first-order chi connectivity index (χ1) is 9.01. The fraction of sp³-hybridized carbons (Fsp3) is 0.500. The van der Waals surface area contributed by atoms with Gasteiger partial charge in [-0.1, -0.05) is 6.07 Å². The summed E-state index contributed by atoms with van der Waals surface area (Å²) in [6, 6.07) is 6.44. The normalized spacial score (nSPS) is 17.2. The number of aliphatic hydroxyl groups is 2. The third kappa shape index (κ3) is 4.17. The van der Waals surface area contributed by atoms with E-state index in [0.717, 1.165) is 12.8 Å². The van der Waals surface area contributed by atoms with Crippen LogP contribution in [-0.2, 0) is 10.0 Å². The lowest BCUT2D eigenvalue weighted by Crippen LogP contribution is -2.26. The maximum atomic E-state index is 12.0. The second-order valence-corrected chi connectivity index (χ2v) is 6.35. The molecule has 1 saturated carbocycles. The van der Waals surface area contributed by atoms with E-state index in [1.165, 1.54) is 12.1 Å². The molecule has 0 amide bonds. The third-order valence-corrected chi connectivity index (χ3v) is 4.31. The standard InChI is InChI=1S/C12H18N2O4S/c15-8-11(16)7-13-10-2-1-3-12(6-10)19(17,18)14-9-4-5-9/h1-3,6,9,11,13-16H,4-5,7-8H2. The molecule has 0 radical (unpaired) electrons. The molecule has 1 atom stereocenters. The first-order valence-electron chi connectivity index (χ1n) is 6.16. The SMILES string of the molecule is O=S(=O)(NC1CC1)c1cccc(NCC(O)CO)c1. The monoisotopic (exact) mass is 286 g/mol. The summed E-state index contributed by atoms with van der Waals surface area (Å²) in [7, 11) is -3.47. The molecule has 7 heteroatoms. The molecule has 1 aromatic rings. The van der Waals surface area contributed by atoms with E-state index < -0.39 is 16.1 Å². The average Bonchev–Trinajstić information content (AvgIpc) is 3.19. The van der Waals surface area contributed by atoms with Crippen molar-refractivity contribution in [2.75, 3.05) is 18.5 Å². The summed E-state index contributed by atoms with van der Waals surface area (Å²) in [6.07, 6.45) is 0.907. The van der Waals surface area contributed by atoms with Gasteiger partial charge in [0.05, 0.1) is 17.6 Å². The van der Waals surface area contributed by atoms with Gasteiger partial charge in [0.2, 0.25) is 10.0 Å². The molecule has 1 aliphatic carbocycles. The van der Waals surface area contributed by atoms with Crippen molar-refractivity contribution in [1.82, 2.24) is 4.72 Å². The number of nitrogens with one attached hydrogen (secondary N) is 2. The van der Waals surface area contributed by atoms with Crippen molar-refractivity contribution in [2.45, 2.75) is 29.9 Å². The van der Waals surface area contributed by atoms with Crippen LogP contribution in [0.2, 0.25) is 0 Å². The minimum Gasteiger partial charge on any atom is -0.394 e. The van der Waals surface area contributed by atoms with Crippen molar-refractivity contribution in [3.8, 4) is 0 Å². The molecule has 1 fully saturated rings. The third-order valence-electron chi connectivity index (χ3n) is 2.80. The lowest BCUT2D eigenvalue weighted by Gasteiger charge is -2.11. The highest BCUT2D eigenvalue weighted by Crippen LogP contribution is 2.23. The Kier molecular flexibility index (Phi) is 4.41. The summed E-state index contributed by atoms with van der Waals surface area (Å²) in [5.41, 5.74) is 0.589. The highest BCUT2D eigenvalue weighted by molar-refractivity contribution is 7.89. The predicted molar refractivity (Wildman–Crippen MR) is 71.4 cm³/mol. The minimum atomic E-state index is -3.47. The van der Waals surface area contributed by atoms with Gasteiger partial charge in [0.1, 0.15) is 0 Å². The fourth-order valence-corrected chi connectivity index (χ4v) is 2.91. The van der Waals surface area contributed by atoms with Crippen LogP contribution in [0.3, 0.4) is 0 Å². The van der Waals surface area contributed by atoms with Crippen LogP contribution in [0.15, 0.2) is 29.2 Å². The quantitative estimate of drug-likeness (QED) is 0.561. The summed E-state index contributed by atoms with van der Waals surface area (Å²) in [5.74, 6) is 0. The maximum Gasteiger partial charge on any atom is 0.240 e. The van der Waals surface area contributed by atoms with Gasteiger partial charge in [0, 0.05) is 18.3 Å². The summed E-state index contributed by atoms with van der Waals surface area (Å²) in [5, 5.41) is 20.8. The van der Waals surface area contributed by atoms with Gasteiger partial charge >= 0.3 is 0 Å². The molecule has 106 valence electrons.